The number of hydrogen-bond acceptors (Lipinski definition) is 6. The van der Waals surface area contributed by atoms with Crippen LogP contribution in [0.25, 0.3) is 0 Å². The van der Waals surface area contributed by atoms with Gasteiger partial charge >= 0.3 is 5.97 Å². The lowest BCUT2D eigenvalue weighted by Gasteiger charge is -2.10. The summed E-state index contributed by atoms with van der Waals surface area (Å²) >= 11 is 0. The van der Waals surface area contributed by atoms with E-state index in [2.05, 4.69) is 5.32 Å². The van der Waals surface area contributed by atoms with Crippen LogP contribution in [0.1, 0.15) is 29.8 Å². The smallest absolute Gasteiger partial charge is 0.338 e. The van der Waals surface area contributed by atoms with E-state index >= 15 is 0 Å². The first-order chi connectivity index (χ1) is 12.7. The van der Waals surface area contributed by atoms with Gasteiger partial charge in [-0.05, 0) is 45.0 Å². The van der Waals surface area contributed by atoms with Crippen LogP contribution in [0.5, 0.6) is 0 Å². The van der Waals surface area contributed by atoms with Crippen molar-refractivity contribution in [2.24, 2.45) is 0 Å². The number of hydrogen-bond donors (Lipinski definition) is 1. The third-order valence-electron chi connectivity index (χ3n) is 3.56. The SMILES string of the molecule is Cc1cc(=O)n(CC(=O)Nc2ccc(C(=O)OC(C)C)cc2)cc1[N+](=O)[O-]. The Balaban J connectivity index is 2.08. The molecule has 1 aromatic heterocycles. The van der Waals surface area contributed by atoms with Crippen molar-refractivity contribution in [1.82, 2.24) is 4.57 Å². The first kappa shape index (κ1) is 19.8. The number of nitrogens with one attached hydrogen (secondary N) is 1. The topological polar surface area (TPSA) is 121 Å². The molecule has 0 spiro atoms. The molecule has 27 heavy (non-hydrogen) atoms. The van der Waals surface area contributed by atoms with Gasteiger partial charge in [0.05, 0.1) is 22.8 Å². The molecule has 0 saturated carbocycles. The summed E-state index contributed by atoms with van der Waals surface area (Å²) in [6.07, 6.45) is 0.802. The number of nitro groups is 1. The number of amides is 1. The van der Waals surface area contributed by atoms with Crippen LogP contribution in [-0.4, -0.2) is 27.5 Å². The van der Waals surface area contributed by atoms with E-state index in [-0.39, 0.29) is 23.9 Å². The van der Waals surface area contributed by atoms with Crippen molar-refractivity contribution in [1.29, 1.82) is 0 Å². The van der Waals surface area contributed by atoms with Crippen molar-refractivity contribution in [2.45, 2.75) is 33.4 Å². The number of carbonyl (C=O) groups excluding carboxylic acids is 2. The number of ether oxygens (including phenoxy) is 1. The summed E-state index contributed by atoms with van der Waals surface area (Å²) in [5.74, 6) is -1.01. The largest absolute Gasteiger partial charge is 0.459 e. The standard InChI is InChI=1S/C18H19N3O6/c1-11(2)27-18(24)13-4-6-14(7-5-13)19-16(22)10-20-9-15(21(25)26)12(3)8-17(20)23/h4-9,11H,10H2,1-3H3,(H,19,22). The van der Waals surface area contributed by atoms with Gasteiger partial charge in [-0.1, -0.05) is 0 Å². The third kappa shape index (κ3) is 5.24. The average Bonchev–Trinajstić information content (AvgIpc) is 2.57. The van der Waals surface area contributed by atoms with E-state index in [0.29, 0.717) is 11.3 Å². The summed E-state index contributed by atoms with van der Waals surface area (Å²) in [5, 5.41) is 13.5. The Morgan fingerprint density at radius 2 is 1.89 bits per heavy atom. The molecule has 9 heteroatoms. The molecule has 0 radical (unpaired) electrons. The van der Waals surface area contributed by atoms with Crippen LogP contribution in [0.2, 0.25) is 0 Å². The van der Waals surface area contributed by atoms with Crippen molar-refractivity contribution < 1.29 is 19.2 Å². The van der Waals surface area contributed by atoms with Crippen molar-refractivity contribution in [3.63, 3.8) is 0 Å². The number of pyridine rings is 1. The van der Waals surface area contributed by atoms with Crippen LogP contribution in [0.4, 0.5) is 11.4 Å². The summed E-state index contributed by atoms with van der Waals surface area (Å²) in [7, 11) is 0. The predicted molar refractivity (Wildman–Crippen MR) is 97.7 cm³/mol. The monoisotopic (exact) mass is 373 g/mol. The molecule has 1 heterocycles. The average molecular weight is 373 g/mol. The number of anilines is 1. The number of nitrogens with zero attached hydrogens (tertiary/aromatic N) is 2. The Morgan fingerprint density at radius 1 is 1.26 bits per heavy atom. The molecule has 0 saturated heterocycles. The zero-order valence-corrected chi connectivity index (χ0v) is 15.1. The minimum absolute atomic E-state index is 0.227. The van der Waals surface area contributed by atoms with Gasteiger partial charge in [0.25, 0.3) is 11.2 Å². The first-order valence-corrected chi connectivity index (χ1v) is 8.13. The second-order valence-electron chi connectivity index (χ2n) is 6.14. The zero-order valence-electron chi connectivity index (χ0n) is 15.1. The van der Waals surface area contributed by atoms with Gasteiger partial charge in [0.2, 0.25) is 5.91 Å². The maximum atomic E-state index is 12.1. The lowest BCUT2D eigenvalue weighted by atomic mass is 10.2. The normalized spacial score (nSPS) is 10.5. The summed E-state index contributed by atoms with van der Waals surface area (Å²) in [6, 6.07) is 7.16. The Morgan fingerprint density at radius 3 is 2.44 bits per heavy atom. The van der Waals surface area contributed by atoms with Gasteiger partial charge in [-0.2, -0.15) is 0 Å². The molecule has 0 aliphatic heterocycles. The minimum Gasteiger partial charge on any atom is -0.459 e. The minimum atomic E-state index is -0.613. The fourth-order valence-electron chi connectivity index (χ4n) is 2.30. The molecule has 2 aromatic rings. The second kappa shape index (κ2) is 8.26. The van der Waals surface area contributed by atoms with Crippen LogP contribution in [0.3, 0.4) is 0 Å². The van der Waals surface area contributed by atoms with Crippen molar-refractivity contribution in [3.05, 3.63) is 68.1 Å². The van der Waals surface area contributed by atoms with E-state index in [9.17, 15) is 24.5 Å². The lowest BCUT2D eigenvalue weighted by Crippen LogP contribution is -2.27. The van der Waals surface area contributed by atoms with Gasteiger partial charge in [-0.3, -0.25) is 24.3 Å². The van der Waals surface area contributed by atoms with Gasteiger partial charge in [-0.15, -0.1) is 0 Å². The third-order valence-corrected chi connectivity index (χ3v) is 3.56. The second-order valence-corrected chi connectivity index (χ2v) is 6.14. The summed E-state index contributed by atoms with van der Waals surface area (Å²) in [6.45, 7) is 4.56. The predicted octanol–water partition coefficient (Wildman–Crippen LogP) is 2.27. The quantitative estimate of drug-likeness (QED) is 0.471. The molecule has 9 nitrogen and oxygen atoms in total. The highest BCUT2D eigenvalue weighted by molar-refractivity contribution is 5.93. The highest BCUT2D eigenvalue weighted by Gasteiger charge is 2.15. The molecule has 0 aliphatic rings. The number of aromatic nitrogens is 1. The molecule has 0 bridgehead atoms. The van der Waals surface area contributed by atoms with Gasteiger partial charge in [0, 0.05) is 17.3 Å². The molecule has 1 aromatic carbocycles. The van der Waals surface area contributed by atoms with Gasteiger partial charge < -0.3 is 10.1 Å². The van der Waals surface area contributed by atoms with Gasteiger partial charge in [-0.25, -0.2) is 4.79 Å². The number of aryl methyl sites for hydroxylation is 1. The number of rotatable bonds is 6. The van der Waals surface area contributed by atoms with E-state index in [0.717, 1.165) is 16.8 Å². The highest BCUT2D eigenvalue weighted by Crippen LogP contribution is 2.15. The van der Waals surface area contributed by atoms with Crippen molar-refractivity contribution >= 4 is 23.3 Å². The van der Waals surface area contributed by atoms with Gasteiger partial charge in [0.1, 0.15) is 6.54 Å². The number of carbonyl (C=O) groups is 2. The summed E-state index contributed by atoms with van der Waals surface area (Å²) in [4.78, 5) is 46.2. The Kier molecular flexibility index (Phi) is 6.07. The van der Waals surface area contributed by atoms with Crippen LogP contribution in [0, 0.1) is 17.0 Å². The van der Waals surface area contributed by atoms with Crippen LogP contribution < -0.4 is 10.9 Å². The fraction of sp³-hybridized carbons (Fsp3) is 0.278. The molecule has 0 atom stereocenters. The maximum Gasteiger partial charge on any atom is 0.338 e. The molecule has 0 fully saturated rings. The van der Waals surface area contributed by atoms with Crippen LogP contribution in [-0.2, 0) is 16.1 Å². The van der Waals surface area contributed by atoms with Crippen LogP contribution >= 0.6 is 0 Å². The maximum absolute atomic E-state index is 12.1. The molecule has 1 amide bonds. The molecule has 2 rings (SSSR count). The molecular formula is C18H19N3O6. The lowest BCUT2D eigenvalue weighted by molar-refractivity contribution is -0.385. The Hall–Kier alpha value is -3.49. The molecule has 142 valence electrons. The van der Waals surface area contributed by atoms with E-state index in [4.69, 9.17) is 4.74 Å². The fourth-order valence-corrected chi connectivity index (χ4v) is 2.30. The first-order valence-electron chi connectivity index (χ1n) is 8.13. The van der Waals surface area contributed by atoms with E-state index in [1.54, 1.807) is 13.8 Å². The highest BCUT2D eigenvalue weighted by atomic mass is 16.6. The Bertz CT molecular complexity index is 931. The Labute approximate surface area is 154 Å². The zero-order chi connectivity index (χ0) is 20.1. The van der Waals surface area contributed by atoms with Crippen molar-refractivity contribution in [3.8, 4) is 0 Å². The summed E-state index contributed by atoms with van der Waals surface area (Å²) < 4.78 is 6.04. The van der Waals surface area contributed by atoms with E-state index < -0.39 is 22.4 Å². The number of benzene rings is 1. The van der Waals surface area contributed by atoms with E-state index in [1.165, 1.54) is 31.2 Å². The van der Waals surface area contributed by atoms with Crippen LogP contribution in [0.15, 0.2) is 41.3 Å². The molecule has 1 N–H and O–H groups in total. The number of esters is 1. The molecule has 0 unspecified atom stereocenters. The molecular weight excluding hydrogens is 354 g/mol. The van der Waals surface area contributed by atoms with Gasteiger partial charge in [0.15, 0.2) is 0 Å². The summed E-state index contributed by atoms with van der Waals surface area (Å²) in [5.41, 5.74) is 0.226. The van der Waals surface area contributed by atoms with E-state index in [1.807, 2.05) is 0 Å². The molecule has 0 aliphatic carbocycles. The van der Waals surface area contributed by atoms with Crippen molar-refractivity contribution in [2.75, 3.05) is 5.32 Å².